The SMILES string of the molecule is COc1cccc(C2CN(C(=O)C3CC4CCCC(C3)C4N)CCO2)c1.Cl. The van der Waals surface area contributed by atoms with Crippen LogP contribution >= 0.6 is 12.4 Å². The minimum absolute atomic E-state index is 0. The number of nitrogens with two attached hydrogens (primary N) is 1. The van der Waals surface area contributed by atoms with E-state index < -0.39 is 0 Å². The number of morpholine rings is 1. The number of fused-ring (bicyclic) bond motifs is 2. The van der Waals surface area contributed by atoms with Gasteiger partial charge < -0.3 is 20.1 Å². The molecule has 3 fully saturated rings. The van der Waals surface area contributed by atoms with Gasteiger partial charge in [-0.15, -0.1) is 12.4 Å². The molecule has 2 saturated carbocycles. The van der Waals surface area contributed by atoms with Crippen LogP contribution in [0.4, 0.5) is 0 Å². The minimum Gasteiger partial charge on any atom is -0.497 e. The Morgan fingerprint density at radius 1 is 1.26 bits per heavy atom. The second-order valence-electron chi connectivity index (χ2n) is 8.12. The van der Waals surface area contributed by atoms with Crippen LogP contribution in [0.1, 0.15) is 43.8 Å². The molecule has 2 aliphatic carbocycles. The Balaban J connectivity index is 0.00000210. The zero-order valence-corrected chi connectivity index (χ0v) is 16.8. The van der Waals surface area contributed by atoms with Crippen molar-refractivity contribution in [3.8, 4) is 5.75 Å². The van der Waals surface area contributed by atoms with Gasteiger partial charge in [0.25, 0.3) is 0 Å². The van der Waals surface area contributed by atoms with Crippen molar-refractivity contribution < 1.29 is 14.3 Å². The van der Waals surface area contributed by atoms with Crippen LogP contribution in [0, 0.1) is 17.8 Å². The number of methoxy groups -OCH3 is 1. The first-order valence-electron chi connectivity index (χ1n) is 9.95. The van der Waals surface area contributed by atoms with Crippen LogP contribution in [0.2, 0.25) is 0 Å². The number of rotatable bonds is 3. The highest BCUT2D eigenvalue weighted by Gasteiger charge is 2.42. The summed E-state index contributed by atoms with van der Waals surface area (Å²) in [5.74, 6) is 2.35. The van der Waals surface area contributed by atoms with Gasteiger partial charge in [0.15, 0.2) is 0 Å². The Labute approximate surface area is 168 Å². The topological polar surface area (TPSA) is 64.8 Å². The van der Waals surface area contributed by atoms with Crippen LogP contribution in [-0.4, -0.2) is 43.7 Å². The van der Waals surface area contributed by atoms with Gasteiger partial charge in [-0.2, -0.15) is 0 Å². The summed E-state index contributed by atoms with van der Waals surface area (Å²) in [5, 5.41) is 0. The number of amides is 1. The van der Waals surface area contributed by atoms with Crippen LogP contribution in [0.15, 0.2) is 24.3 Å². The first kappa shape index (κ1) is 20.4. The molecule has 1 aromatic rings. The third kappa shape index (κ3) is 4.25. The summed E-state index contributed by atoms with van der Waals surface area (Å²) in [7, 11) is 1.67. The van der Waals surface area contributed by atoms with E-state index in [2.05, 4.69) is 0 Å². The number of nitrogens with zero attached hydrogens (tertiary/aromatic N) is 1. The number of hydrogen-bond donors (Lipinski definition) is 1. The van der Waals surface area contributed by atoms with E-state index in [-0.39, 0.29) is 24.4 Å². The summed E-state index contributed by atoms with van der Waals surface area (Å²) in [5.41, 5.74) is 7.47. The van der Waals surface area contributed by atoms with Gasteiger partial charge in [-0.3, -0.25) is 4.79 Å². The molecule has 150 valence electrons. The van der Waals surface area contributed by atoms with E-state index in [0.29, 0.717) is 43.5 Å². The lowest BCUT2D eigenvalue weighted by molar-refractivity contribution is -0.146. The van der Waals surface area contributed by atoms with E-state index in [4.69, 9.17) is 15.2 Å². The van der Waals surface area contributed by atoms with Crippen molar-refractivity contribution >= 4 is 18.3 Å². The molecule has 3 unspecified atom stereocenters. The Bertz CT molecular complexity index is 642. The largest absolute Gasteiger partial charge is 0.497 e. The van der Waals surface area contributed by atoms with Crippen molar-refractivity contribution in [3.63, 3.8) is 0 Å². The smallest absolute Gasteiger partial charge is 0.225 e. The average Bonchev–Trinajstić information content (AvgIpc) is 2.67. The molecule has 1 amide bonds. The predicted octanol–water partition coefficient (Wildman–Crippen LogP) is 3.17. The lowest BCUT2D eigenvalue weighted by Crippen LogP contribution is -2.51. The van der Waals surface area contributed by atoms with Crippen molar-refractivity contribution in [2.45, 2.75) is 44.2 Å². The van der Waals surface area contributed by atoms with Crippen molar-refractivity contribution in [1.29, 1.82) is 0 Å². The summed E-state index contributed by atoms with van der Waals surface area (Å²) >= 11 is 0. The van der Waals surface area contributed by atoms with Crippen LogP contribution in [0.25, 0.3) is 0 Å². The molecular weight excluding hydrogens is 364 g/mol. The molecule has 0 aromatic heterocycles. The summed E-state index contributed by atoms with van der Waals surface area (Å²) in [4.78, 5) is 15.2. The summed E-state index contributed by atoms with van der Waals surface area (Å²) in [6.45, 7) is 1.91. The molecule has 1 aliphatic heterocycles. The Kier molecular flexibility index (Phi) is 6.66. The van der Waals surface area contributed by atoms with Gasteiger partial charge in [0, 0.05) is 18.5 Å². The molecular formula is C21H31ClN2O3. The zero-order chi connectivity index (χ0) is 18.1. The molecule has 3 aliphatic rings. The van der Waals surface area contributed by atoms with E-state index in [1.165, 1.54) is 19.3 Å². The Hall–Kier alpha value is -1.30. The molecule has 0 spiro atoms. The van der Waals surface area contributed by atoms with E-state index in [0.717, 1.165) is 24.2 Å². The van der Waals surface area contributed by atoms with Crippen molar-refractivity contribution in [2.24, 2.45) is 23.5 Å². The van der Waals surface area contributed by atoms with Gasteiger partial charge in [-0.25, -0.2) is 0 Å². The normalized spacial score (nSPS) is 33.1. The van der Waals surface area contributed by atoms with Gasteiger partial charge in [0.05, 0.1) is 20.3 Å². The fourth-order valence-electron chi connectivity index (χ4n) is 5.14. The van der Waals surface area contributed by atoms with Crippen LogP contribution in [0.3, 0.4) is 0 Å². The van der Waals surface area contributed by atoms with Gasteiger partial charge in [0.1, 0.15) is 11.9 Å². The first-order chi connectivity index (χ1) is 12.7. The monoisotopic (exact) mass is 394 g/mol. The first-order valence-corrected chi connectivity index (χ1v) is 9.95. The summed E-state index contributed by atoms with van der Waals surface area (Å²) < 4.78 is 11.3. The van der Waals surface area contributed by atoms with E-state index in [1.807, 2.05) is 29.2 Å². The molecule has 27 heavy (non-hydrogen) atoms. The number of halogens is 1. The van der Waals surface area contributed by atoms with Crippen LogP contribution in [-0.2, 0) is 9.53 Å². The lowest BCUT2D eigenvalue weighted by atomic mass is 9.65. The summed E-state index contributed by atoms with van der Waals surface area (Å²) in [6.07, 6.45) is 5.52. The molecule has 1 saturated heterocycles. The van der Waals surface area contributed by atoms with E-state index in [9.17, 15) is 4.79 Å². The Morgan fingerprint density at radius 2 is 2.00 bits per heavy atom. The number of ether oxygens (including phenoxy) is 2. The second kappa shape index (κ2) is 8.80. The van der Waals surface area contributed by atoms with Gasteiger partial charge in [0.2, 0.25) is 5.91 Å². The molecule has 2 bridgehead atoms. The van der Waals surface area contributed by atoms with Gasteiger partial charge >= 0.3 is 0 Å². The lowest BCUT2D eigenvalue weighted by Gasteiger charge is -2.45. The van der Waals surface area contributed by atoms with E-state index >= 15 is 0 Å². The molecule has 0 radical (unpaired) electrons. The average molecular weight is 395 g/mol. The van der Waals surface area contributed by atoms with Crippen LogP contribution < -0.4 is 10.5 Å². The highest BCUT2D eigenvalue weighted by atomic mass is 35.5. The standard InChI is InChI=1S/C21H30N2O3.ClH/c1-25-18-7-3-4-14(12-18)19-13-23(8-9-26-19)21(24)17-10-15-5-2-6-16(11-17)20(15)22;/h3-4,7,12,15-17,19-20H,2,5-6,8-11,13,22H2,1H3;1H. The minimum atomic E-state index is -0.0758. The number of benzene rings is 1. The van der Waals surface area contributed by atoms with Crippen molar-refractivity contribution in [3.05, 3.63) is 29.8 Å². The fourth-order valence-corrected chi connectivity index (χ4v) is 5.14. The number of carbonyl (C=O) groups is 1. The molecule has 3 atom stereocenters. The zero-order valence-electron chi connectivity index (χ0n) is 16.0. The molecule has 6 heteroatoms. The molecule has 4 rings (SSSR count). The maximum atomic E-state index is 13.2. The van der Waals surface area contributed by atoms with Crippen LogP contribution in [0.5, 0.6) is 5.75 Å². The van der Waals surface area contributed by atoms with E-state index in [1.54, 1.807) is 7.11 Å². The third-order valence-corrected chi connectivity index (χ3v) is 6.61. The fraction of sp³-hybridized carbons (Fsp3) is 0.667. The van der Waals surface area contributed by atoms with Crippen molar-refractivity contribution in [1.82, 2.24) is 4.90 Å². The third-order valence-electron chi connectivity index (χ3n) is 6.61. The maximum absolute atomic E-state index is 13.2. The van der Waals surface area contributed by atoms with Gasteiger partial charge in [-0.1, -0.05) is 18.6 Å². The predicted molar refractivity (Wildman–Crippen MR) is 107 cm³/mol. The van der Waals surface area contributed by atoms with Gasteiger partial charge in [-0.05, 0) is 55.2 Å². The molecule has 2 N–H and O–H groups in total. The highest BCUT2D eigenvalue weighted by molar-refractivity contribution is 5.85. The molecule has 1 heterocycles. The maximum Gasteiger partial charge on any atom is 0.225 e. The van der Waals surface area contributed by atoms with Crippen molar-refractivity contribution in [2.75, 3.05) is 26.8 Å². The highest BCUT2D eigenvalue weighted by Crippen LogP contribution is 2.42. The number of carbonyl (C=O) groups excluding carboxylic acids is 1. The molecule has 5 nitrogen and oxygen atoms in total. The Morgan fingerprint density at radius 3 is 2.70 bits per heavy atom. The molecule has 1 aromatic carbocycles. The number of hydrogen-bond acceptors (Lipinski definition) is 4. The quantitative estimate of drug-likeness (QED) is 0.855. The second-order valence-corrected chi connectivity index (χ2v) is 8.12. The summed E-state index contributed by atoms with van der Waals surface area (Å²) in [6, 6.07) is 8.26.